The van der Waals surface area contributed by atoms with E-state index in [0.29, 0.717) is 6.10 Å². The van der Waals surface area contributed by atoms with Gasteiger partial charge in [-0.2, -0.15) is 0 Å². The second kappa shape index (κ2) is 6.46. The van der Waals surface area contributed by atoms with Gasteiger partial charge in [-0.25, -0.2) is 0 Å². The Morgan fingerprint density at radius 1 is 1.13 bits per heavy atom. The molecular weight excluding hydrogens is 190 g/mol. The van der Waals surface area contributed by atoms with Crippen LogP contribution in [0, 0.1) is 11.8 Å². The van der Waals surface area contributed by atoms with Crippen molar-refractivity contribution in [2.75, 3.05) is 19.7 Å². The smallest absolute Gasteiger partial charge is 0.160 e. The Hall–Kier alpha value is -0.120. The molecule has 3 heteroatoms. The van der Waals surface area contributed by atoms with Crippen molar-refractivity contribution in [2.45, 2.75) is 46.5 Å². The molecule has 3 saturated heterocycles. The van der Waals surface area contributed by atoms with E-state index in [-0.39, 0.29) is 6.29 Å². The molecule has 15 heavy (non-hydrogen) atoms. The molecule has 3 rings (SSSR count). The third-order valence-electron chi connectivity index (χ3n) is 2.37. The van der Waals surface area contributed by atoms with Gasteiger partial charge < -0.3 is 14.8 Å². The van der Waals surface area contributed by atoms with Crippen LogP contribution in [0.3, 0.4) is 0 Å². The average molecular weight is 215 g/mol. The van der Waals surface area contributed by atoms with Crippen LogP contribution in [0.5, 0.6) is 0 Å². The predicted molar refractivity (Wildman–Crippen MR) is 61.8 cm³/mol. The fraction of sp³-hybridized carbons (Fsp3) is 1.00. The summed E-state index contributed by atoms with van der Waals surface area (Å²) >= 11 is 0. The standard InChI is InChI=1S/C8H19N.C4H6O2/c1-7(2)5-9-6-8(3)4;1-3-2-5-4(1)6-3/h7-9H,5-6H2,1-4H3;3-4H,1-2H2. The quantitative estimate of drug-likeness (QED) is 0.778. The molecule has 90 valence electrons. The van der Waals surface area contributed by atoms with Crippen LogP contribution in [0.25, 0.3) is 0 Å². The molecule has 0 saturated carbocycles. The van der Waals surface area contributed by atoms with E-state index < -0.39 is 0 Å². The third-order valence-corrected chi connectivity index (χ3v) is 2.37. The summed E-state index contributed by atoms with van der Waals surface area (Å²) in [6.07, 6.45) is 1.80. The topological polar surface area (TPSA) is 30.5 Å². The Labute approximate surface area is 93.5 Å². The summed E-state index contributed by atoms with van der Waals surface area (Å²) in [5.41, 5.74) is 0. The molecule has 0 spiro atoms. The fourth-order valence-electron chi connectivity index (χ4n) is 1.51. The van der Waals surface area contributed by atoms with Crippen LogP contribution < -0.4 is 5.32 Å². The molecule has 3 nitrogen and oxygen atoms in total. The lowest BCUT2D eigenvalue weighted by Gasteiger charge is -2.19. The van der Waals surface area contributed by atoms with Gasteiger partial charge in [0.15, 0.2) is 6.29 Å². The normalized spacial score (nSPS) is 27.6. The van der Waals surface area contributed by atoms with Crippen molar-refractivity contribution in [2.24, 2.45) is 11.8 Å². The van der Waals surface area contributed by atoms with E-state index in [4.69, 9.17) is 9.47 Å². The van der Waals surface area contributed by atoms with Crippen molar-refractivity contribution in [1.82, 2.24) is 5.32 Å². The number of hydrogen-bond donors (Lipinski definition) is 1. The molecule has 2 unspecified atom stereocenters. The SMILES string of the molecule is C1OC2CC1O2.CC(C)CNCC(C)C. The van der Waals surface area contributed by atoms with Crippen LogP contribution in [0.4, 0.5) is 0 Å². The maximum Gasteiger partial charge on any atom is 0.160 e. The van der Waals surface area contributed by atoms with Gasteiger partial charge in [0.05, 0.1) is 12.7 Å². The summed E-state index contributed by atoms with van der Waals surface area (Å²) in [6.45, 7) is 12.1. The van der Waals surface area contributed by atoms with Crippen LogP contribution in [-0.2, 0) is 9.47 Å². The number of rotatable bonds is 4. The summed E-state index contributed by atoms with van der Waals surface area (Å²) in [5, 5.41) is 3.38. The van der Waals surface area contributed by atoms with Gasteiger partial charge in [-0.15, -0.1) is 0 Å². The van der Waals surface area contributed by atoms with Crippen LogP contribution in [-0.4, -0.2) is 32.1 Å². The molecule has 0 aromatic carbocycles. The molecule has 2 bridgehead atoms. The summed E-state index contributed by atoms with van der Waals surface area (Å²) < 4.78 is 10.0. The van der Waals surface area contributed by atoms with Gasteiger partial charge in [0.2, 0.25) is 0 Å². The molecule has 0 aliphatic carbocycles. The van der Waals surface area contributed by atoms with Crippen molar-refractivity contribution in [3.8, 4) is 0 Å². The molecule has 0 amide bonds. The third kappa shape index (κ3) is 5.50. The number of nitrogens with one attached hydrogen (secondary N) is 1. The minimum Gasteiger partial charge on any atom is -0.350 e. The molecular formula is C12H25NO2. The highest BCUT2D eigenvalue weighted by Gasteiger charge is 2.38. The van der Waals surface area contributed by atoms with Crippen molar-refractivity contribution in [3.63, 3.8) is 0 Å². The highest BCUT2D eigenvalue weighted by molar-refractivity contribution is 4.77. The Morgan fingerprint density at radius 2 is 1.67 bits per heavy atom. The Morgan fingerprint density at radius 3 is 1.87 bits per heavy atom. The zero-order chi connectivity index (χ0) is 11.3. The zero-order valence-corrected chi connectivity index (χ0v) is 10.5. The monoisotopic (exact) mass is 215 g/mol. The lowest BCUT2D eigenvalue weighted by molar-refractivity contribution is -0.139. The van der Waals surface area contributed by atoms with Gasteiger partial charge in [-0.3, -0.25) is 0 Å². The number of hydrogen-bond acceptors (Lipinski definition) is 3. The Kier molecular flexibility index (Phi) is 5.58. The van der Waals surface area contributed by atoms with Gasteiger partial charge in [0.25, 0.3) is 0 Å². The average Bonchev–Trinajstić information content (AvgIpc) is 2.62. The summed E-state index contributed by atoms with van der Waals surface area (Å²) in [6, 6.07) is 0. The van der Waals surface area contributed by atoms with Crippen molar-refractivity contribution in [3.05, 3.63) is 0 Å². The van der Waals surface area contributed by atoms with E-state index in [1.165, 1.54) is 0 Å². The van der Waals surface area contributed by atoms with Crippen molar-refractivity contribution >= 4 is 0 Å². The van der Waals surface area contributed by atoms with E-state index in [9.17, 15) is 0 Å². The summed E-state index contributed by atoms with van der Waals surface area (Å²) in [5.74, 6) is 1.56. The molecule has 3 aliphatic heterocycles. The maximum atomic E-state index is 5.03. The van der Waals surface area contributed by atoms with E-state index in [0.717, 1.165) is 38.0 Å². The van der Waals surface area contributed by atoms with E-state index in [2.05, 4.69) is 33.0 Å². The zero-order valence-electron chi connectivity index (χ0n) is 10.5. The van der Waals surface area contributed by atoms with Gasteiger partial charge >= 0.3 is 0 Å². The van der Waals surface area contributed by atoms with E-state index in [1.54, 1.807) is 0 Å². The molecule has 3 aliphatic rings. The van der Waals surface area contributed by atoms with Crippen LogP contribution in [0.2, 0.25) is 0 Å². The molecule has 3 heterocycles. The first kappa shape index (κ1) is 12.9. The maximum absolute atomic E-state index is 5.03. The highest BCUT2D eigenvalue weighted by atomic mass is 16.7. The molecule has 0 aromatic rings. The molecule has 0 aromatic heterocycles. The first-order valence-electron chi connectivity index (χ1n) is 6.05. The van der Waals surface area contributed by atoms with Crippen molar-refractivity contribution in [1.29, 1.82) is 0 Å². The molecule has 3 fully saturated rings. The second-order valence-electron chi connectivity index (χ2n) is 5.20. The minimum absolute atomic E-state index is 0.190. The van der Waals surface area contributed by atoms with Crippen LogP contribution in [0.1, 0.15) is 34.1 Å². The first-order valence-corrected chi connectivity index (χ1v) is 6.05. The van der Waals surface area contributed by atoms with Gasteiger partial charge in [-0.1, -0.05) is 27.7 Å². The first-order chi connectivity index (χ1) is 7.08. The Balaban J connectivity index is 0.000000158. The lowest BCUT2D eigenvalue weighted by atomic mass is 10.2. The van der Waals surface area contributed by atoms with Crippen LogP contribution >= 0.6 is 0 Å². The van der Waals surface area contributed by atoms with Gasteiger partial charge in [0.1, 0.15) is 0 Å². The second-order valence-corrected chi connectivity index (χ2v) is 5.20. The largest absolute Gasteiger partial charge is 0.350 e. The van der Waals surface area contributed by atoms with E-state index in [1.807, 2.05) is 0 Å². The Bertz CT molecular complexity index is 143. The number of fused-ring (bicyclic) bond motifs is 1. The molecule has 0 radical (unpaired) electrons. The lowest BCUT2D eigenvalue weighted by Crippen LogP contribution is -2.26. The fourth-order valence-corrected chi connectivity index (χ4v) is 1.51. The van der Waals surface area contributed by atoms with E-state index >= 15 is 0 Å². The van der Waals surface area contributed by atoms with Crippen molar-refractivity contribution < 1.29 is 9.47 Å². The molecule has 2 atom stereocenters. The minimum atomic E-state index is 0.190. The number of ether oxygens (including phenoxy) is 2. The van der Waals surface area contributed by atoms with Gasteiger partial charge in [0, 0.05) is 6.42 Å². The van der Waals surface area contributed by atoms with Crippen LogP contribution in [0.15, 0.2) is 0 Å². The van der Waals surface area contributed by atoms with Gasteiger partial charge in [-0.05, 0) is 24.9 Å². The molecule has 1 N–H and O–H groups in total. The summed E-state index contributed by atoms with van der Waals surface area (Å²) in [4.78, 5) is 0. The summed E-state index contributed by atoms with van der Waals surface area (Å²) in [7, 11) is 0. The highest BCUT2D eigenvalue weighted by Crippen LogP contribution is 2.29. The predicted octanol–water partition coefficient (Wildman–Crippen LogP) is 2.02.